The first-order chi connectivity index (χ1) is 18.0. The Kier molecular flexibility index (Phi) is 7.11. The Hall–Kier alpha value is -2.78. The number of rotatable bonds is 10. The number of β-amino-alcohol motifs (C(OH)–C–C–N with tert-alkyl or cyclic N) is 1. The number of nitrogens with zero attached hydrogens (tertiary/aromatic N) is 5. The van der Waals surface area contributed by atoms with Crippen molar-refractivity contribution in [3.8, 4) is 5.82 Å². The molecule has 3 aromatic rings. The fourth-order valence-electron chi connectivity index (χ4n) is 5.97. The molecule has 2 bridgehead atoms. The van der Waals surface area contributed by atoms with Crippen LogP contribution in [0.5, 0.6) is 0 Å². The van der Waals surface area contributed by atoms with Gasteiger partial charge in [0.1, 0.15) is 17.5 Å². The van der Waals surface area contributed by atoms with Gasteiger partial charge in [0.25, 0.3) is 0 Å². The van der Waals surface area contributed by atoms with Crippen LogP contribution in [0, 0.1) is 5.41 Å². The Morgan fingerprint density at radius 2 is 1.79 bits per heavy atom. The molecule has 206 valence electrons. The number of fused-ring (bicyclic) bond motifs is 4. The molecule has 6 rings (SSSR count). The molecule has 2 aromatic heterocycles. The third-order valence-corrected chi connectivity index (χ3v) is 8.63. The number of hydrogen-bond acceptors (Lipinski definition) is 7. The van der Waals surface area contributed by atoms with Gasteiger partial charge in [-0.1, -0.05) is 12.1 Å². The zero-order valence-electron chi connectivity index (χ0n) is 23.4. The number of hydrogen-bond donors (Lipinski definition) is 3. The van der Waals surface area contributed by atoms with Crippen LogP contribution in [0.1, 0.15) is 78.2 Å². The van der Waals surface area contributed by atoms with Crippen LogP contribution in [0.2, 0.25) is 0 Å². The molecular formula is C29H42FN7O. The van der Waals surface area contributed by atoms with Crippen molar-refractivity contribution >= 4 is 22.8 Å². The fourth-order valence-corrected chi connectivity index (χ4v) is 5.97. The molecule has 3 N–H and O–H groups in total. The highest BCUT2D eigenvalue weighted by Crippen LogP contribution is 2.52. The predicted molar refractivity (Wildman–Crippen MR) is 151 cm³/mol. The number of halogens is 1. The van der Waals surface area contributed by atoms with Crippen molar-refractivity contribution in [3.63, 3.8) is 0 Å². The molecule has 3 aliphatic carbocycles. The maximum atomic E-state index is 14.7. The summed E-state index contributed by atoms with van der Waals surface area (Å²) in [5.74, 6) is 2.31. The van der Waals surface area contributed by atoms with Crippen LogP contribution in [0.3, 0.4) is 0 Å². The van der Waals surface area contributed by atoms with Gasteiger partial charge in [0.05, 0.1) is 16.6 Å². The van der Waals surface area contributed by atoms with Crippen LogP contribution >= 0.6 is 0 Å². The first kappa shape index (κ1) is 26.8. The van der Waals surface area contributed by atoms with Crippen molar-refractivity contribution in [2.24, 2.45) is 5.41 Å². The molecular weight excluding hydrogens is 481 g/mol. The van der Waals surface area contributed by atoms with E-state index in [-0.39, 0.29) is 11.0 Å². The average molecular weight is 524 g/mol. The molecule has 38 heavy (non-hydrogen) atoms. The zero-order chi connectivity index (χ0) is 27.1. The van der Waals surface area contributed by atoms with Gasteiger partial charge in [0, 0.05) is 38.3 Å². The van der Waals surface area contributed by atoms with Gasteiger partial charge in [0.15, 0.2) is 6.17 Å². The van der Waals surface area contributed by atoms with Crippen LogP contribution in [0.4, 0.5) is 16.2 Å². The summed E-state index contributed by atoms with van der Waals surface area (Å²) in [5, 5.41) is 17.5. The summed E-state index contributed by atoms with van der Waals surface area (Å²) in [6, 6.07) is 9.63. The lowest BCUT2D eigenvalue weighted by Crippen LogP contribution is -2.58. The van der Waals surface area contributed by atoms with Gasteiger partial charge >= 0.3 is 0 Å². The average Bonchev–Trinajstić information content (AvgIpc) is 3.31. The Labute approximate surface area is 225 Å². The Morgan fingerprint density at radius 3 is 2.42 bits per heavy atom. The van der Waals surface area contributed by atoms with Gasteiger partial charge < -0.3 is 20.6 Å². The highest BCUT2D eigenvalue weighted by Gasteiger charge is 2.48. The second kappa shape index (κ2) is 10.1. The summed E-state index contributed by atoms with van der Waals surface area (Å²) in [6.07, 6.45) is 5.58. The van der Waals surface area contributed by atoms with E-state index >= 15 is 0 Å². The second-order valence-electron chi connectivity index (χ2n) is 12.1. The van der Waals surface area contributed by atoms with E-state index in [0.717, 1.165) is 68.5 Å². The third kappa shape index (κ3) is 5.36. The fraction of sp³-hybridized carbons (Fsp3) is 0.621. The lowest BCUT2D eigenvalue weighted by Gasteiger charge is -2.54. The molecule has 3 saturated carbocycles. The molecule has 0 radical (unpaired) electrons. The van der Waals surface area contributed by atoms with Crippen molar-refractivity contribution in [3.05, 3.63) is 36.2 Å². The first-order valence-corrected chi connectivity index (χ1v) is 14.0. The lowest BCUT2D eigenvalue weighted by atomic mass is 9.57. The number of aliphatic hydroxyl groups is 1. The van der Waals surface area contributed by atoms with Gasteiger partial charge in [-0.05, 0) is 83.8 Å². The van der Waals surface area contributed by atoms with Gasteiger partial charge in [-0.25, -0.2) is 9.37 Å². The molecule has 2 heterocycles. The molecule has 0 saturated heterocycles. The van der Waals surface area contributed by atoms with Crippen LogP contribution in [0.25, 0.3) is 16.9 Å². The SMILES string of the molecule is CCN(C)c1nc(NCC23CCC(NCC(C)(C)O)(CC2)CC3)cc(-n2c(C(C)F)nc3ccccc32)n1. The Morgan fingerprint density at radius 1 is 1.11 bits per heavy atom. The monoisotopic (exact) mass is 523 g/mol. The maximum Gasteiger partial charge on any atom is 0.229 e. The van der Waals surface area contributed by atoms with Gasteiger partial charge in [-0.3, -0.25) is 4.57 Å². The van der Waals surface area contributed by atoms with Crippen LogP contribution in [-0.4, -0.2) is 62.4 Å². The number of aromatic nitrogens is 4. The van der Waals surface area contributed by atoms with E-state index in [1.807, 2.05) is 60.7 Å². The summed E-state index contributed by atoms with van der Waals surface area (Å²) in [6.45, 7) is 9.52. The summed E-state index contributed by atoms with van der Waals surface area (Å²) in [4.78, 5) is 16.2. The standard InChI is InChI=1S/C29H42FN7O/c1-6-36(5)26-34-23(17-24(35-26)37-22-10-8-7-9-21(22)33-25(37)20(2)30)31-19-28-11-14-29(15-12-28,16-13-28)32-18-27(3,4)38/h7-10,17,20,32,38H,6,11-16,18-19H2,1-5H3,(H,31,34,35). The molecule has 0 aliphatic heterocycles. The number of alkyl halides is 1. The molecule has 0 amide bonds. The van der Waals surface area contributed by atoms with E-state index in [0.29, 0.717) is 24.1 Å². The third-order valence-electron chi connectivity index (χ3n) is 8.63. The molecule has 3 fully saturated rings. The smallest absolute Gasteiger partial charge is 0.229 e. The van der Waals surface area contributed by atoms with Gasteiger partial charge in [0.2, 0.25) is 5.95 Å². The number of anilines is 2. The maximum absolute atomic E-state index is 14.7. The van der Waals surface area contributed by atoms with Crippen LogP contribution in [0.15, 0.2) is 30.3 Å². The van der Waals surface area contributed by atoms with Gasteiger partial charge in [-0.15, -0.1) is 0 Å². The molecule has 1 aromatic carbocycles. The summed E-state index contributed by atoms with van der Waals surface area (Å²) < 4.78 is 16.5. The van der Waals surface area contributed by atoms with E-state index in [4.69, 9.17) is 9.97 Å². The van der Waals surface area contributed by atoms with E-state index < -0.39 is 11.8 Å². The highest BCUT2D eigenvalue weighted by molar-refractivity contribution is 5.78. The van der Waals surface area contributed by atoms with Gasteiger partial charge in [-0.2, -0.15) is 9.97 Å². The topological polar surface area (TPSA) is 91.1 Å². The number of benzene rings is 1. The van der Waals surface area contributed by atoms with Crippen molar-refractivity contribution in [1.29, 1.82) is 0 Å². The van der Waals surface area contributed by atoms with E-state index in [1.165, 1.54) is 6.92 Å². The largest absolute Gasteiger partial charge is 0.389 e. The predicted octanol–water partition coefficient (Wildman–Crippen LogP) is 5.17. The van der Waals surface area contributed by atoms with Crippen LogP contribution in [-0.2, 0) is 0 Å². The van der Waals surface area contributed by atoms with Crippen LogP contribution < -0.4 is 15.5 Å². The quantitative estimate of drug-likeness (QED) is 0.338. The summed E-state index contributed by atoms with van der Waals surface area (Å²) in [7, 11) is 1.97. The summed E-state index contributed by atoms with van der Waals surface area (Å²) >= 11 is 0. The van der Waals surface area contributed by atoms with Crippen molar-refractivity contribution in [1.82, 2.24) is 24.8 Å². The number of para-hydroxylation sites is 2. The normalized spacial score (nSPS) is 24.1. The molecule has 9 heteroatoms. The zero-order valence-corrected chi connectivity index (χ0v) is 23.4. The number of nitrogens with one attached hydrogen (secondary N) is 2. The Balaban J connectivity index is 1.40. The van der Waals surface area contributed by atoms with Crippen molar-refractivity contribution < 1.29 is 9.50 Å². The molecule has 8 nitrogen and oxygen atoms in total. The van der Waals surface area contributed by atoms with E-state index in [9.17, 15) is 9.50 Å². The first-order valence-electron chi connectivity index (χ1n) is 14.0. The molecule has 1 unspecified atom stereocenters. The summed E-state index contributed by atoms with van der Waals surface area (Å²) in [5.41, 5.74) is 1.27. The highest BCUT2D eigenvalue weighted by atomic mass is 19.1. The molecule has 1 atom stereocenters. The van der Waals surface area contributed by atoms with E-state index in [2.05, 4.69) is 22.5 Å². The molecule has 3 aliphatic rings. The lowest BCUT2D eigenvalue weighted by molar-refractivity contribution is 0.00936. The minimum Gasteiger partial charge on any atom is -0.389 e. The van der Waals surface area contributed by atoms with Crippen molar-refractivity contribution in [2.75, 3.05) is 36.9 Å². The second-order valence-corrected chi connectivity index (χ2v) is 12.1. The van der Waals surface area contributed by atoms with Crippen molar-refractivity contribution in [2.45, 2.75) is 83.5 Å². The minimum absolute atomic E-state index is 0.156. The number of imidazole rings is 1. The Bertz CT molecular complexity index is 1260. The molecule has 0 spiro atoms. The minimum atomic E-state index is -1.24. The van der Waals surface area contributed by atoms with E-state index in [1.54, 1.807) is 0 Å².